The van der Waals surface area contributed by atoms with E-state index < -0.39 is 0 Å². The molecule has 1 unspecified atom stereocenters. The third-order valence-corrected chi connectivity index (χ3v) is 2.10. The molecule has 0 aliphatic rings. The Balaban J connectivity index is 2.77. The Labute approximate surface area is 83.3 Å². The SMILES string of the molecule is CCNC(=O)C(C)n1cncc1CN. The first-order chi connectivity index (χ1) is 6.70. The van der Waals surface area contributed by atoms with Crippen LogP contribution in [0.3, 0.4) is 0 Å². The van der Waals surface area contributed by atoms with Gasteiger partial charge >= 0.3 is 0 Å². The number of hydrogen-bond acceptors (Lipinski definition) is 3. The van der Waals surface area contributed by atoms with E-state index in [2.05, 4.69) is 10.3 Å². The fourth-order valence-electron chi connectivity index (χ4n) is 1.29. The lowest BCUT2D eigenvalue weighted by Crippen LogP contribution is -2.31. The van der Waals surface area contributed by atoms with Gasteiger partial charge in [0.2, 0.25) is 5.91 Å². The Hall–Kier alpha value is -1.36. The zero-order chi connectivity index (χ0) is 10.6. The van der Waals surface area contributed by atoms with E-state index in [9.17, 15) is 4.79 Å². The van der Waals surface area contributed by atoms with Crippen molar-refractivity contribution in [2.24, 2.45) is 5.73 Å². The number of hydrogen-bond donors (Lipinski definition) is 2. The fourth-order valence-corrected chi connectivity index (χ4v) is 1.29. The number of carbonyl (C=O) groups is 1. The average Bonchev–Trinajstić information content (AvgIpc) is 2.64. The monoisotopic (exact) mass is 196 g/mol. The number of nitrogens with one attached hydrogen (secondary N) is 1. The molecule has 5 heteroatoms. The molecule has 78 valence electrons. The lowest BCUT2D eigenvalue weighted by molar-refractivity contribution is -0.123. The van der Waals surface area contributed by atoms with Crippen LogP contribution >= 0.6 is 0 Å². The van der Waals surface area contributed by atoms with Crippen LogP contribution in [0.25, 0.3) is 0 Å². The smallest absolute Gasteiger partial charge is 0.242 e. The molecule has 3 N–H and O–H groups in total. The van der Waals surface area contributed by atoms with Gasteiger partial charge in [-0.1, -0.05) is 0 Å². The molecule has 0 aliphatic heterocycles. The topological polar surface area (TPSA) is 72.9 Å². The third-order valence-electron chi connectivity index (χ3n) is 2.10. The lowest BCUT2D eigenvalue weighted by atomic mass is 10.3. The molecule has 0 saturated carbocycles. The van der Waals surface area contributed by atoms with Crippen LogP contribution in [-0.4, -0.2) is 22.0 Å². The maximum Gasteiger partial charge on any atom is 0.242 e. The number of carbonyl (C=O) groups excluding carboxylic acids is 1. The summed E-state index contributed by atoms with van der Waals surface area (Å²) in [5.74, 6) is -0.0137. The molecule has 1 rings (SSSR count). The highest BCUT2D eigenvalue weighted by molar-refractivity contribution is 5.79. The van der Waals surface area contributed by atoms with Gasteiger partial charge < -0.3 is 15.6 Å². The molecule has 1 aromatic rings. The Bertz CT molecular complexity index is 308. The number of amides is 1. The minimum atomic E-state index is -0.254. The molecule has 0 bridgehead atoms. The molecule has 0 fully saturated rings. The highest BCUT2D eigenvalue weighted by Gasteiger charge is 2.15. The van der Waals surface area contributed by atoms with E-state index in [4.69, 9.17) is 5.73 Å². The second kappa shape index (κ2) is 4.76. The summed E-state index contributed by atoms with van der Waals surface area (Å²) in [4.78, 5) is 15.5. The van der Waals surface area contributed by atoms with Gasteiger partial charge in [0.05, 0.1) is 12.0 Å². The van der Waals surface area contributed by atoms with Gasteiger partial charge in [0.15, 0.2) is 0 Å². The fraction of sp³-hybridized carbons (Fsp3) is 0.556. The van der Waals surface area contributed by atoms with Crippen LogP contribution in [0.4, 0.5) is 0 Å². The Kier molecular flexibility index (Phi) is 3.64. The summed E-state index contributed by atoms with van der Waals surface area (Å²) in [6.07, 6.45) is 3.30. The van der Waals surface area contributed by atoms with Crippen molar-refractivity contribution < 1.29 is 4.79 Å². The van der Waals surface area contributed by atoms with Crippen LogP contribution in [0.1, 0.15) is 25.6 Å². The molecule has 0 saturated heterocycles. The van der Waals surface area contributed by atoms with Crippen molar-refractivity contribution in [1.29, 1.82) is 0 Å². The van der Waals surface area contributed by atoms with Crippen LogP contribution in [0, 0.1) is 0 Å². The van der Waals surface area contributed by atoms with E-state index in [1.807, 2.05) is 13.8 Å². The first-order valence-electron chi connectivity index (χ1n) is 4.69. The van der Waals surface area contributed by atoms with E-state index >= 15 is 0 Å². The number of nitrogens with two attached hydrogens (primary N) is 1. The van der Waals surface area contributed by atoms with Crippen molar-refractivity contribution in [3.8, 4) is 0 Å². The maximum atomic E-state index is 11.5. The molecular weight excluding hydrogens is 180 g/mol. The van der Waals surface area contributed by atoms with E-state index in [1.54, 1.807) is 17.1 Å². The quantitative estimate of drug-likeness (QED) is 0.714. The third kappa shape index (κ3) is 2.11. The standard InChI is InChI=1S/C9H16N4O/c1-3-12-9(14)7(2)13-6-11-5-8(13)4-10/h5-7H,3-4,10H2,1-2H3,(H,12,14). The van der Waals surface area contributed by atoms with Crippen molar-refractivity contribution in [2.45, 2.75) is 26.4 Å². The molecular formula is C9H16N4O. The van der Waals surface area contributed by atoms with Gasteiger partial charge in [0, 0.05) is 19.3 Å². The van der Waals surface area contributed by atoms with Crippen molar-refractivity contribution in [3.63, 3.8) is 0 Å². The molecule has 0 aliphatic carbocycles. The zero-order valence-electron chi connectivity index (χ0n) is 8.53. The highest BCUT2D eigenvalue weighted by Crippen LogP contribution is 2.09. The molecule has 14 heavy (non-hydrogen) atoms. The number of rotatable bonds is 4. The van der Waals surface area contributed by atoms with E-state index in [1.165, 1.54) is 0 Å². The van der Waals surface area contributed by atoms with E-state index in [-0.39, 0.29) is 11.9 Å². The number of imidazole rings is 1. The highest BCUT2D eigenvalue weighted by atomic mass is 16.2. The predicted molar refractivity (Wildman–Crippen MR) is 53.5 cm³/mol. The largest absolute Gasteiger partial charge is 0.355 e. The molecule has 0 spiro atoms. The van der Waals surface area contributed by atoms with E-state index in [0.29, 0.717) is 13.1 Å². The molecule has 1 atom stereocenters. The van der Waals surface area contributed by atoms with Crippen LogP contribution < -0.4 is 11.1 Å². The second-order valence-corrected chi connectivity index (χ2v) is 3.07. The van der Waals surface area contributed by atoms with Gasteiger partial charge in [-0.05, 0) is 13.8 Å². The van der Waals surface area contributed by atoms with Gasteiger partial charge in [-0.25, -0.2) is 4.98 Å². The molecule has 1 amide bonds. The van der Waals surface area contributed by atoms with Crippen molar-refractivity contribution in [1.82, 2.24) is 14.9 Å². The maximum absolute atomic E-state index is 11.5. The summed E-state index contributed by atoms with van der Waals surface area (Å²) >= 11 is 0. The van der Waals surface area contributed by atoms with Crippen molar-refractivity contribution >= 4 is 5.91 Å². The van der Waals surface area contributed by atoms with Crippen molar-refractivity contribution in [3.05, 3.63) is 18.2 Å². The van der Waals surface area contributed by atoms with Gasteiger partial charge in [0.25, 0.3) is 0 Å². The normalized spacial score (nSPS) is 12.5. The van der Waals surface area contributed by atoms with Crippen molar-refractivity contribution in [2.75, 3.05) is 6.54 Å². The number of nitrogens with zero attached hydrogens (tertiary/aromatic N) is 2. The molecule has 0 aromatic carbocycles. The summed E-state index contributed by atoms with van der Waals surface area (Å²) in [6, 6.07) is -0.254. The zero-order valence-corrected chi connectivity index (χ0v) is 8.53. The van der Waals surface area contributed by atoms with Gasteiger partial charge in [-0.3, -0.25) is 4.79 Å². The Morgan fingerprint density at radius 3 is 3.07 bits per heavy atom. The molecule has 5 nitrogen and oxygen atoms in total. The van der Waals surface area contributed by atoms with Gasteiger partial charge in [-0.2, -0.15) is 0 Å². The Morgan fingerprint density at radius 1 is 1.79 bits per heavy atom. The first-order valence-corrected chi connectivity index (χ1v) is 4.69. The van der Waals surface area contributed by atoms with Crippen LogP contribution in [0.5, 0.6) is 0 Å². The van der Waals surface area contributed by atoms with Gasteiger partial charge in [-0.15, -0.1) is 0 Å². The average molecular weight is 196 g/mol. The minimum absolute atomic E-state index is 0.0137. The summed E-state index contributed by atoms with van der Waals surface area (Å²) < 4.78 is 1.78. The number of aromatic nitrogens is 2. The lowest BCUT2D eigenvalue weighted by Gasteiger charge is -2.14. The van der Waals surface area contributed by atoms with E-state index in [0.717, 1.165) is 5.69 Å². The van der Waals surface area contributed by atoms with Crippen LogP contribution in [0.15, 0.2) is 12.5 Å². The van der Waals surface area contributed by atoms with Gasteiger partial charge in [0.1, 0.15) is 6.04 Å². The molecule has 1 aromatic heterocycles. The predicted octanol–water partition coefficient (Wildman–Crippen LogP) is 0.0389. The van der Waals surface area contributed by atoms with Crippen LogP contribution in [-0.2, 0) is 11.3 Å². The Morgan fingerprint density at radius 2 is 2.50 bits per heavy atom. The summed E-state index contributed by atoms with van der Waals surface area (Å²) in [7, 11) is 0. The minimum Gasteiger partial charge on any atom is -0.355 e. The summed E-state index contributed by atoms with van der Waals surface area (Å²) in [5, 5.41) is 2.76. The second-order valence-electron chi connectivity index (χ2n) is 3.07. The molecule has 0 radical (unpaired) electrons. The molecule has 1 heterocycles. The number of likely N-dealkylation sites (N-methyl/N-ethyl adjacent to an activating group) is 1. The summed E-state index contributed by atoms with van der Waals surface area (Å²) in [6.45, 7) is 4.74. The van der Waals surface area contributed by atoms with Crippen LogP contribution in [0.2, 0.25) is 0 Å². The summed E-state index contributed by atoms with van der Waals surface area (Å²) in [5.41, 5.74) is 6.38. The first kappa shape index (κ1) is 10.7.